The van der Waals surface area contributed by atoms with Crippen LogP contribution in [-0.4, -0.2) is 17.0 Å². The second-order valence-electron chi connectivity index (χ2n) is 6.95. The number of rotatable bonds is 8. The van der Waals surface area contributed by atoms with Gasteiger partial charge in [-0.15, -0.1) is 0 Å². The molecular weight excluding hydrogens is 439 g/mol. The summed E-state index contributed by atoms with van der Waals surface area (Å²) in [6, 6.07) is 17.4. The standard InChI is InChI=1S/C23H18F3N3O4/c24-23(25,26)19-3-1-2-18(12-19)13-22(30)28-27-14-16-6-10-21(11-7-16)33-15-17-4-8-20(9-5-17)29(31)32/h1-12,14H,13,15H2,(H,28,30). The summed E-state index contributed by atoms with van der Waals surface area (Å²) in [4.78, 5) is 22.1. The van der Waals surface area contributed by atoms with Crippen molar-refractivity contribution in [1.82, 2.24) is 5.43 Å². The molecule has 3 aromatic rings. The van der Waals surface area contributed by atoms with Gasteiger partial charge in [0.15, 0.2) is 0 Å². The third-order valence-corrected chi connectivity index (χ3v) is 4.45. The lowest BCUT2D eigenvalue weighted by Gasteiger charge is -2.08. The van der Waals surface area contributed by atoms with E-state index in [0.29, 0.717) is 11.3 Å². The molecule has 0 aliphatic heterocycles. The number of nitrogens with zero attached hydrogens (tertiary/aromatic N) is 2. The van der Waals surface area contributed by atoms with Gasteiger partial charge >= 0.3 is 6.18 Å². The zero-order valence-electron chi connectivity index (χ0n) is 17.1. The monoisotopic (exact) mass is 457 g/mol. The topological polar surface area (TPSA) is 93.8 Å². The molecule has 0 radical (unpaired) electrons. The quantitative estimate of drug-likeness (QED) is 0.296. The first-order valence-electron chi connectivity index (χ1n) is 9.65. The largest absolute Gasteiger partial charge is 0.489 e. The van der Waals surface area contributed by atoms with Crippen LogP contribution in [0.5, 0.6) is 5.75 Å². The number of amides is 1. The number of halogens is 3. The van der Waals surface area contributed by atoms with Crippen LogP contribution < -0.4 is 10.2 Å². The summed E-state index contributed by atoms with van der Waals surface area (Å²) in [5.74, 6) is 0.0210. The fourth-order valence-corrected chi connectivity index (χ4v) is 2.79. The number of carbonyl (C=O) groups is 1. The number of hydrogen-bond donors (Lipinski definition) is 1. The Hall–Kier alpha value is -4.21. The van der Waals surface area contributed by atoms with E-state index in [-0.39, 0.29) is 24.3 Å². The highest BCUT2D eigenvalue weighted by molar-refractivity contribution is 5.83. The van der Waals surface area contributed by atoms with E-state index in [9.17, 15) is 28.1 Å². The average Bonchev–Trinajstić information content (AvgIpc) is 2.78. The van der Waals surface area contributed by atoms with Gasteiger partial charge < -0.3 is 4.74 Å². The highest BCUT2D eigenvalue weighted by Gasteiger charge is 2.30. The molecule has 1 amide bonds. The zero-order valence-corrected chi connectivity index (χ0v) is 17.1. The Kier molecular flexibility index (Phi) is 7.39. The maximum atomic E-state index is 12.7. The normalized spacial score (nSPS) is 11.4. The van der Waals surface area contributed by atoms with Gasteiger partial charge in [0.2, 0.25) is 5.91 Å². The van der Waals surface area contributed by atoms with Crippen LogP contribution in [0.15, 0.2) is 77.9 Å². The van der Waals surface area contributed by atoms with Gasteiger partial charge in [0.05, 0.1) is 23.1 Å². The smallest absolute Gasteiger partial charge is 0.416 e. The Morgan fingerprint density at radius 1 is 1.03 bits per heavy atom. The maximum absolute atomic E-state index is 12.7. The van der Waals surface area contributed by atoms with Gasteiger partial charge in [0.25, 0.3) is 5.69 Å². The van der Waals surface area contributed by atoms with E-state index in [0.717, 1.165) is 17.7 Å². The number of benzene rings is 3. The minimum absolute atomic E-state index is 0.00399. The molecule has 0 fully saturated rings. The second-order valence-corrected chi connectivity index (χ2v) is 6.95. The number of carbonyl (C=O) groups excluding carboxylic acids is 1. The van der Waals surface area contributed by atoms with Crippen LogP contribution in [0.3, 0.4) is 0 Å². The predicted molar refractivity (Wildman–Crippen MR) is 115 cm³/mol. The van der Waals surface area contributed by atoms with Gasteiger partial charge in [0, 0.05) is 12.1 Å². The van der Waals surface area contributed by atoms with Crippen molar-refractivity contribution in [1.29, 1.82) is 0 Å². The SMILES string of the molecule is O=C(Cc1cccc(C(F)(F)F)c1)NN=Cc1ccc(OCc2ccc([N+](=O)[O-])cc2)cc1. The Labute approximate surface area is 186 Å². The molecule has 0 saturated heterocycles. The highest BCUT2D eigenvalue weighted by Crippen LogP contribution is 2.29. The van der Waals surface area contributed by atoms with Crippen molar-refractivity contribution in [3.8, 4) is 5.75 Å². The number of nitrogens with one attached hydrogen (secondary N) is 1. The number of ether oxygens (including phenoxy) is 1. The van der Waals surface area contributed by atoms with E-state index < -0.39 is 22.6 Å². The molecule has 0 spiro atoms. The van der Waals surface area contributed by atoms with Crippen LogP contribution in [0.4, 0.5) is 18.9 Å². The lowest BCUT2D eigenvalue weighted by Crippen LogP contribution is -2.20. The first-order valence-corrected chi connectivity index (χ1v) is 9.65. The van der Waals surface area contributed by atoms with Gasteiger partial charge in [-0.05, 0) is 59.2 Å². The van der Waals surface area contributed by atoms with Gasteiger partial charge in [-0.1, -0.05) is 18.2 Å². The average molecular weight is 457 g/mol. The molecule has 7 nitrogen and oxygen atoms in total. The summed E-state index contributed by atoms with van der Waals surface area (Å²) in [5, 5.41) is 14.5. The molecule has 33 heavy (non-hydrogen) atoms. The lowest BCUT2D eigenvalue weighted by molar-refractivity contribution is -0.384. The van der Waals surface area contributed by atoms with Crippen molar-refractivity contribution < 1.29 is 27.6 Å². The molecule has 0 heterocycles. The maximum Gasteiger partial charge on any atom is 0.416 e. The van der Waals surface area contributed by atoms with Crippen LogP contribution in [0.1, 0.15) is 22.3 Å². The van der Waals surface area contributed by atoms with Gasteiger partial charge in [-0.3, -0.25) is 14.9 Å². The lowest BCUT2D eigenvalue weighted by atomic mass is 10.1. The van der Waals surface area contributed by atoms with Crippen LogP contribution in [-0.2, 0) is 24.0 Å². The van der Waals surface area contributed by atoms with Crippen molar-refractivity contribution in [3.63, 3.8) is 0 Å². The third-order valence-electron chi connectivity index (χ3n) is 4.45. The van der Waals surface area contributed by atoms with E-state index in [1.807, 2.05) is 0 Å². The van der Waals surface area contributed by atoms with Crippen molar-refractivity contribution in [3.05, 3.63) is 105 Å². The van der Waals surface area contributed by atoms with Crippen LogP contribution in [0, 0.1) is 10.1 Å². The second kappa shape index (κ2) is 10.4. The number of nitro benzene ring substituents is 1. The van der Waals surface area contributed by atoms with Gasteiger partial charge in [0.1, 0.15) is 12.4 Å². The number of alkyl halides is 3. The highest BCUT2D eigenvalue weighted by atomic mass is 19.4. The minimum Gasteiger partial charge on any atom is -0.489 e. The Bertz CT molecular complexity index is 1140. The molecule has 0 saturated carbocycles. The molecule has 0 aliphatic carbocycles. The predicted octanol–water partition coefficient (Wildman–Crippen LogP) is 4.89. The Morgan fingerprint density at radius 2 is 1.73 bits per heavy atom. The molecule has 10 heteroatoms. The van der Waals surface area contributed by atoms with E-state index in [2.05, 4.69) is 10.5 Å². The summed E-state index contributed by atoms with van der Waals surface area (Å²) in [7, 11) is 0. The molecule has 0 bridgehead atoms. The molecule has 0 aromatic heterocycles. The number of nitro groups is 1. The van der Waals surface area contributed by atoms with Crippen molar-refractivity contribution in [2.24, 2.45) is 5.10 Å². The number of non-ortho nitro benzene ring substituents is 1. The molecule has 0 atom stereocenters. The Balaban J connectivity index is 1.48. The number of hydrogen-bond acceptors (Lipinski definition) is 5. The minimum atomic E-state index is -4.47. The summed E-state index contributed by atoms with van der Waals surface area (Å²) >= 11 is 0. The zero-order chi connectivity index (χ0) is 23.8. The molecule has 1 N–H and O–H groups in total. The van der Waals surface area contributed by atoms with Crippen LogP contribution in [0.2, 0.25) is 0 Å². The van der Waals surface area contributed by atoms with Crippen LogP contribution >= 0.6 is 0 Å². The molecule has 0 aliphatic rings. The first kappa shape index (κ1) is 23.5. The summed E-state index contributed by atoms with van der Waals surface area (Å²) in [5.41, 5.74) is 3.14. The molecular formula is C23H18F3N3O4. The summed E-state index contributed by atoms with van der Waals surface area (Å²) in [6.07, 6.45) is -3.32. The summed E-state index contributed by atoms with van der Waals surface area (Å²) in [6.45, 7) is 0.233. The van der Waals surface area contributed by atoms with Crippen molar-refractivity contribution >= 4 is 17.8 Å². The number of hydrazone groups is 1. The van der Waals surface area contributed by atoms with E-state index in [1.165, 1.54) is 30.5 Å². The summed E-state index contributed by atoms with van der Waals surface area (Å²) < 4.78 is 43.9. The Morgan fingerprint density at radius 3 is 2.36 bits per heavy atom. The first-order chi connectivity index (χ1) is 15.7. The molecule has 3 rings (SSSR count). The van der Waals surface area contributed by atoms with Gasteiger partial charge in [-0.2, -0.15) is 18.3 Å². The molecule has 0 unspecified atom stereocenters. The fourth-order valence-electron chi connectivity index (χ4n) is 2.79. The van der Waals surface area contributed by atoms with E-state index in [1.54, 1.807) is 36.4 Å². The van der Waals surface area contributed by atoms with Crippen LogP contribution in [0.25, 0.3) is 0 Å². The van der Waals surface area contributed by atoms with Crippen molar-refractivity contribution in [2.45, 2.75) is 19.2 Å². The fraction of sp³-hybridized carbons (Fsp3) is 0.130. The van der Waals surface area contributed by atoms with Crippen molar-refractivity contribution in [2.75, 3.05) is 0 Å². The van der Waals surface area contributed by atoms with E-state index >= 15 is 0 Å². The van der Waals surface area contributed by atoms with E-state index in [4.69, 9.17) is 4.74 Å². The molecule has 170 valence electrons. The van der Waals surface area contributed by atoms with Gasteiger partial charge in [-0.25, -0.2) is 5.43 Å². The molecule has 3 aromatic carbocycles. The third kappa shape index (κ3) is 7.17.